The molecule has 1 saturated heterocycles. The topological polar surface area (TPSA) is 47.7 Å². The molecule has 4 nitrogen and oxygen atoms in total. The van der Waals surface area contributed by atoms with Crippen molar-refractivity contribution in [3.63, 3.8) is 0 Å². The number of ether oxygens (including phenoxy) is 2. The minimum absolute atomic E-state index is 0.266. The molecule has 1 unspecified atom stereocenters. The Morgan fingerprint density at radius 3 is 2.90 bits per heavy atom. The smallest absolute Gasteiger partial charge is 0.175 e. The lowest BCUT2D eigenvalue weighted by atomic mass is 9.90. The van der Waals surface area contributed by atoms with Crippen molar-refractivity contribution in [2.75, 3.05) is 32.8 Å². The summed E-state index contributed by atoms with van der Waals surface area (Å²) < 4.78 is 12.5. The van der Waals surface area contributed by atoms with Crippen molar-refractivity contribution in [3.05, 3.63) is 22.2 Å². The molecule has 1 aromatic rings. The zero-order valence-electron chi connectivity index (χ0n) is 12.5. The molecule has 2 heterocycles. The van der Waals surface area contributed by atoms with Gasteiger partial charge in [-0.25, -0.2) is 0 Å². The van der Waals surface area contributed by atoms with Crippen LogP contribution in [0.4, 0.5) is 0 Å². The van der Waals surface area contributed by atoms with Gasteiger partial charge >= 0.3 is 0 Å². The van der Waals surface area contributed by atoms with E-state index in [1.54, 1.807) is 0 Å². The number of benzene rings is 1. The minimum Gasteiger partial charge on any atom is -0.490 e. The molecule has 1 atom stereocenters. The molecule has 116 valence electrons. The number of nitrogens with two attached hydrogens (primary N) is 1. The second-order valence-electron chi connectivity index (χ2n) is 6.43. The fourth-order valence-corrected chi connectivity index (χ4v) is 3.67. The summed E-state index contributed by atoms with van der Waals surface area (Å²) in [5, 5.41) is 0. The number of halogens is 1. The highest BCUT2D eigenvalue weighted by atomic mass is 79.9. The molecule has 1 fully saturated rings. The molecule has 0 bridgehead atoms. The van der Waals surface area contributed by atoms with Crippen molar-refractivity contribution in [2.45, 2.75) is 26.3 Å². The predicted molar refractivity (Wildman–Crippen MR) is 86.8 cm³/mol. The lowest BCUT2D eigenvalue weighted by molar-refractivity contribution is 0.273. The molecule has 21 heavy (non-hydrogen) atoms. The molecule has 0 spiro atoms. The van der Waals surface area contributed by atoms with Crippen LogP contribution < -0.4 is 15.2 Å². The SMILES string of the molecule is CC1(CN)CCN(Cc2cc(Br)c3c(c2)OCCCO3)C1. The summed E-state index contributed by atoms with van der Waals surface area (Å²) in [6.45, 7) is 7.58. The first kappa shape index (κ1) is 15.1. The van der Waals surface area contributed by atoms with Crippen LogP contribution in [0.15, 0.2) is 16.6 Å². The Kier molecular flexibility index (Phi) is 4.43. The zero-order valence-corrected chi connectivity index (χ0v) is 14.1. The van der Waals surface area contributed by atoms with Crippen LogP contribution in [0.1, 0.15) is 25.3 Å². The Balaban J connectivity index is 1.75. The fourth-order valence-electron chi connectivity index (χ4n) is 3.06. The van der Waals surface area contributed by atoms with E-state index in [9.17, 15) is 0 Å². The number of rotatable bonds is 3. The quantitative estimate of drug-likeness (QED) is 0.906. The van der Waals surface area contributed by atoms with Crippen LogP contribution >= 0.6 is 15.9 Å². The van der Waals surface area contributed by atoms with E-state index in [2.05, 4.69) is 39.9 Å². The van der Waals surface area contributed by atoms with Crippen molar-refractivity contribution in [2.24, 2.45) is 11.1 Å². The first-order valence-corrected chi connectivity index (χ1v) is 8.39. The van der Waals surface area contributed by atoms with E-state index in [4.69, 9.17) is 15.2 Å². The van der Waals surface area contributed by atoms with Gasteiger partial charge in [0.05, 0.1) is 17.7 Å². The van der Waals surface area contributed by atoms with Gasteiger partial charge in [0.25, 0.3) is 0 Å². The number of nitrogens with zero attached hydrogens (tertiary/aromatic N) is 1. The molecular weight excluding hydrogens is 332 g/mol. The fraction of sp³-hybridized carbons (Fsp3) is 0.625. The summed E-state index contributed by atoms with van der Waals surface area (Å²) >= 11 is 3.61. The van der Waals surface area contributed by atoms with Gasteiger partial charge in [-0.05, 0) is 58.6 Å². The van der Waals surface area contributed by atoms with Crippen LogP contribution in [-0.2, 0) is 6.54 Å². The average molecular weight is 355 g/mol. The van der Waals surface area contributed by atoms with Gasteiger partial charge in [0.1, 0.15) is 0 Å². The van der Waals surface area contributed by atoms with E-state index in [1.807, 2.05) is 0 Å². The second kappa shape index (κ2) is 6.15. The molecule has 0 aliphatic carbocycles. The summed E-state index contributed by atoms with van der Waals surface area (Å²) in [4.78, 5) is 2.47. The Bertz CT molecular complexity index is 523. The Morgan fingerprint density at radius 2 is 2.14 bits per heavy atom. The van der Waals surface area contributed by atoms with Gasteiger partial charge in [0, 0.05) is 19.5 Å². The third-order valence-electron chi connectivity index (χ3n) is 4.40. The first-order valence-electron chi connectivity index (χ1n) is 7.60. The molecular formula is C16H23BrN2O2. The van der Waals surface area contributed by atoms with E-state index in [-0.39, 0.29) is 5.41 Å². The molecule has 0 saturated carbocycles. The maximum absolute atomic E-state index is 5.89. The first-order chi connectivity index (χ1) is 10.1. The summed E-state index contributed by atoms with van der Waals surface area (Å²) in [7, 11) is 0. The Labute approximate surface area is 134 Å². The van der Waals surface area contributed by atoms with Crippen LogP contribution in [0.3, 0.4) is 0 Å². The number of fused-ring (bicyclic) bond motifs is 1. The van der Waals surface area contributed by atoms with Crippen molar-refractivity contribution >= 4 is 15.9 Å². The van der Waals surface area contributed by atoms with Gasteiger partial charge in [-0.3, -0.25) is 4.90 Å². The largest absolute Gasteiger partial charge is 0.490 e. The van der Waals surface area contributed by atoms with E-state index in [1.165, 1.54) is 12.0 Å². The lowest BCUT2D eigenvalue weighted by Crippen LogP contribution is -2.31. The van der Waals surface area contributed by atoms with Crippen LogP contribution in [-0.4, -0.2) is 37.7 Å². The standard InChI is InChI=1S/C16H23BrN2O2/c1-16(10-18)3-4-19(11-16)9-12-7-13(17)15-14(8-12)20-5-2-6-21-15/h7-8H,2-6,9-11,18H2,1H3. The molecule has 2 N–H and O–H groups in total. The van der Waals surface area contributed by atoms with Crippen LogP contribution in [0.5, 0.6) is 11.5 Å². The van der Waals surface area contributed by atoms with Crippen LogP contribution in [0, 0.1) is 5.41 Å². The van der Waals surface area contributed by atoms with Crippen molar-refractivity contribution in [1.82, 2.24) is 4.90 Å². The van der Waals surface area contributed by atoms with Gasteiger partial charge in [-0.15, -0.1) is 0 Å². The lowest BCUT2D eigenvalue weighted by Gasteiger charge is -2.23. The monoisotopic (exact) mass is 354 g/mol. The summed E-state index contributed by atoms with van der Waals surface area (Å²) in [5.41, 5.74) is 7.41. The highest BCUT2D eigenvalue weighted by Gasteiger charge is 2.32. The van der Waals surface area contributed by atoms with Crippen molar-refractivity contribution < 1.29 is 9.47 Å². The van der Waals surface area contributed by atoms with Gasteiger partial charge in [0.2, 0.25) is 0 Å². The summed E-state index contributed by atoms with van der Waals surface area (Å²) in [6.07, 6.45) is 2.10. The van der Waals surface area contributed by atoms with E-state index in [0.29, 0.717) is 6.61 Å². The van der Waals surface area contributed by atoms with E-state index >= 15 is 0 Å². The van der Waals surface area contributed by atoms with Gasteiger partial charge in [0.15, 0.2) is 11.5 Å². The Hall–Kier alpha value is -0.780. The van der Waals surface area contributed by atoms with E-state index < -0.39 is 0 Å². The second-order valence-corrected chi connectivity index (χ2v) is 7.29. The normalized spacial score (nSPS) is 25.9. The Morgan fingerprint density at radius 1 is 1.33 bits per heavy atom. The minimum atomic E-state index is 0.266. The average Bonchev–Trinajstić information content (AvgIpc) is 2.68. The highest BCUT2D eigenvalue weighted by Crippen LogP contribution is 2.39. The third-order valence-corrected chi connectivity index (χ3v) is 4.99. The zero-order chi connectivity index (χ0) is 14.9. The molecule has 5 heteroatoms. The van der Waals surface area contributed by atoms with Crippen LogP contribution in [0.25, 0.3) is 0 Å². The molecule has 2 aliphatic heterocycles. The molecule has 0 aromatic heterocycles. The maximum Gasteiger partial charge on any atom is 0.175 e. The van der Waals surface area contributed by atoms with Crippen molar-refractivity contribution in [1.29, 1.82) is 0 Å². The molecule has 0 amide bonds. The third kappa shape index (κ3) is 3.35. The van der Waals surface area contributed by atoms with Gasteiger partial charge < -0.3 is 15.2 Å². The van der Waals surface area contributed by atoms with Gasteiger partial charge in [-0.1, -0.05) is 6.92 Å². The maximum atomic E-state index is 5.89. The molecule has 2 aliphatic rings. The summed E-state index contributed by atoms with van der Waals surface area (Å²) in [5.74, 6) is 1.70. The molecule has 0 radical (unpaired) electrons. The predicted octanol–water partition coefficient (Wildman–Crippen LogP) is 2.78. The highest BCUT2D eigenvalue weighted by molar-refractivity contribution is 9.10. The number of hydrogen-bond donors (Lipinski definition) is 1. The van der Waals surface area contributed by atoms with Crippen molar-refractivity contribution in [3.8, 4) is 11.5 Å². The number of likely N-dealkylation sites (tertiary alicyclic amines) is 1. The summed E-state index contributed by atoms with van der Waals surface area (Å²) in [6, 6.07) is 4.26. The van der Waals surface area contributed by atoms with E-state index in [0.717, 1.165) is 55.2 Å². The number of hydrogen-bond acceptors (Lipinski definition) is 4. The molecule has 1 aromatic carbocycles. The van der Waals surface area contributed by atoms with Crippen LogP contribution in [0.2, 0.25) is 0 Å². The van der Waals surface area contributed by atoms with Gasteiger partial charge in [-0.2, -0.15) is 0 Å². The molecule has 3 rings (SSSR count).